The van der Waals surface area contributed by atoms with Gasteiger partial charge < -0.3 is 5.32 Å². The summed E-state index contributed by atoms with van der Waals surface area (Å²) in [6.45, 7) is 1.17. The van der Waals surface area contributed by atoms with Gasteiger partial charge in [-0.05, 0) is 54.1 Å². The monoisotopic (exact) mass is 394 g/mol. The number of sulfonamides is 1. The van der Waals surface area contributed by atoms with Gasteiger partial charge in [-0.3, -0.25) is 0 Å². The molecule has 110 valence electrons. The van der Waals surface area contributed by atoms with Crippen LogP contribution in [0, 0.1) is 0 Å². The third-order valence-electron chi connectivity index (χ3n) is 2.58. The average Bonchev–Trinajstić information content (AvgIpc) is 3.03. The van der Waals surface area contributed by atoms with E-state index in [0.29, 0.717) is 10.8 Å². The Balaban J connectivity index is 2.00. The molecule has 8 heteroatoms. The number of hydrogen-bond donors (Lipinski definition) is 2. The molecule has 4 nitrogen and oxygen atoms in total. The summed E-state index contributed by atoms with van der Waals surface area (Å²) in [4.78, 5) is 2.05. The molecule has 0 bridgehead atoms. The lowest BCUT2D eigenvalue weighted by molar-refractivity contribution is 0.584. The first-order valence-electron chi connectivity index (χ1n) is 5.97. The second kappa shape index (κ2) is 7.15. The Bertz CT molecular complexity index is 664. The van der Waals surface area contributed by atoms with E-state index in [9.17, 15) is 8.42 Å². The van der Waals surface area contributed by atoms with Crippen LogP contribution in [0.4, 0.5) is 0 Å². The zero-order chi connectivity index (χ0) is 14.6. The minimum Gasteiger partial charge on any atom is -0.319 e. The van der Waals surface area contributed by atoms with E-state index in [2.05, 4.69) is 26.0 Å². The Labute approximate surface area is 135 Å². The van der Waals surface area contributed by atoms with Gasteiger partial charge in [0.25, 0.3) is 0 Å². The summed E-state index contributed by atoms with van der Waals surface area (Å²) >= 11 is 6.20. The molecule has 0 atom stereocenters. The lowest BCUT2D eigenvalue weighted by Crippen LogP contribution is -2.21. The van der Waals surface area contributed by atoms with Gasteiger partial charge in [-0.2, -0.15) is 0 Å². The lowest BCUT2D eigenvalue weighted by atomic mass is 10.3. The molecular weight excluding hydrogens is 380 g/mol. The molecule has 0 aliphatic carbocycles. The molecule has 0 saturated heterocycles. The van der Waals surface area contributed by atoms with E-state index in [1.165, 1.54) is 22.7 Å². The standard InChI is InChI=1S/C12H15BrN2O2S3/c1-14-5-4-10-2-3-12(19-10)20(16,17)15-7-11-6-9(13)8-18-11/h2-3,6,8,14-15H,4-5,7H2,1H3. The number of rotatable bonds is 7. The van der Waals surface area contributed by atoms with E-state index in [0.717, 1.165) is 27.2 Å². The maximum Gasteiger partial charge on any atom is 0.250 e. The molecule has 0 aliphatic heterocycles. The molecule has 2 N–H and O–H groups in total. The number of nitrogens with one attached hydrogen (secondary N) is 2. The average molecular weight is 395 g/mol. The van der Waals surface area contributed by atoms with Gasteiger partial charge in [0.1, 0.15) is 4.21 Å². The van der Waals surface area contributed by atoms with E-state index in [1.807, 2.05) is 24.6 Å². The van der Waals surface area contributed by atoms with Crippen LogP contribution in [-0.2, 0) is 23.0 Å². The van der Waals surface area contributed by atoms with E-state index >= 15 is 0 Å². The smallest absolute Gasteiger partial charge is 0.250 e. The third-order valence-corrected chi connectivity index (χ3v) is 7.32. The molecule has 2 rings (SSSR count). The summed E-state index contributed by atoms with van der Waals surface area (Å²) in [5.41, 5.74) is 0. The fraction of sp³-hybridized carbons (Fsp3) is 0.333. The van der Waals surface area contributed by atoms with Gasteiger partial charge in [-0.15, -0.1) is 22.7 Å². The Morgan fingerprint density at radius 1 is 1.30 bits per heavy atom. The zero-order valence-electron chi connectivity index (χ0n) is 10.8. The number of halogens is 1. The molecule has 0 spiro atoms. The van der Waals surface area contributed by atoms with Crippen molar-refractivity contribution in [3.8, 4) is 0 Å². The first-order valence-corrected chi connectivity index (χ1v) is 9.94. The van der Waals surface area contributed by atoms with Crippen LogP contribution >= 0.6 is 38.6 Å². The van der Waals surface area contributed by atoms with Crippen molar-refractivity contribution in [1.29, 1.82) is 0 Å². The van der Waals surface area contributed by atoms with Crippen LogP contribution in [0.3, 0.4) is 0 Å². The summed E-state index contributed by atoms with van der Waals surface area (Å²) in [6, 6.07) is 5.46. The van der Waals surface area contributed by atoms with Gasteiger partial charge in [0.05, 0.1) is 0 Å². The summed E-state index contributed by atoms with van der Waals surface area (Å²) in [7, 11) is -1.53. The maximum absolute atomic E-state index is 12.2. The highest BCUT2D eigenvalue weighted by molar-refractivity contribution is 9.10. The van der Waals surface area contributed by atoms with Crippen molar-refractivity contribution in [2.24, 2.45) is 0 Å². The number of thiophene rings is 2. The summed E-state index contributed by atoms with van der Waals surface area (Å²) in [5, 5.41) is 4.99. The van der Waals surface area contributed by atoms with Crippen molar-refractivity contribution in [2.45, 2.75) is 17.2 Å². The van der Waals surface area contributed by atoms with Gasteiger partial charge in [0.15, 0.2) is 0 Å². The summed E-state index contributed by atoms with van der Waals surface area (Å²) in [5.74, 6) is 0. The molecule has 0 fully saturated rings. The molecule has 0 unspecified atom stereocenters. The Morgan fingerprint density at radius 2 is 2.10 bits per heavy atom. The van der Waals surface area contributed by atoms with E-state index < -0.39 is 10.0 Å². The van der Waals surface area contributed by atoms with Crippen LogP contribution in [0.15, 0.2) is 32.3 Å². The van der Waals surface area contributed by atoms with Crippen LogP contribution in [0.5, 0.6) is 0 Å². The van der Waals surface area contributed by atoms with Crippen molar-refractivity contribution in [3.05, 3.63) is 37.8 Å². The molecule has 0 amide bonds. The first-order chi connectivity index (χ1) is 9.51. The fourth-order valence-corrected chi connectivity index (χ4v) is 5.46. The van der Waals surface area contributed by atoms with Crippen molar-refractivity contribution in [2.75, 3.05) is 13.6 Å². The highest BCUT2D eigenvalue weighted by atomic mass is 79.9. The number of likely N-dealkylation sites (N-methyl/N-ethyl adjacent to an activating group) is 1. The Morgan fingerprint density at radius 3 is 2.75 bits per heavy atom. The van der Waals surface area contributed by atoms with Crippen LogP contribution < -0.4 is 10.0 Å². The normalized spacial score (nSPS) is 11.9. The molecule has 2 aromatic heterocycles. The zero-order valence-corrected chi connectivity index (χ0v) is 14.9. The quantitative estimate of drug-likeness (QED) is 0.758. The predicted octanol–water partition coefficient (Wildman–Crippen LogP) is 2.81. The van der Waals surface area contributed by atoms with E-state index in [4.69, 9.17) is 0 Å². The van der Waals surface area contributed by atoms with Gasteiger partial charge in [0.2, 0.25) is 10.0 Å². The van der Waals surface area contributed by atoms with Crippen molar-refractivity contribution >= 4 is 48.6 Å². The highest BCUT2D eigenvalue weighted by Crippen LogP contribution is 2.23. The van der Waals surface area contributed by atoms with Crippen LogP contribution in [0.2, 0.25) is 0 Å². The molecule has 0 radical (unpaired) electrons. The second-order valence-corrected chi connectivity index (χ2v) is 9.20. The van der Waals surface area contributed by atoms with E-state index in [1.54, 1.807) is 6.07 Å². The summed E-state index contributed by atoms with van der Waals surface area (Å²) in [6.07, 6.45) is 0.842. The third kappa shape index (κ3) is 4.37. The van der Waals surface area contributed by atoms with Gasteiger partial charge >= 0.3 is 0 Å². The number of hydrogen-bond acceptors (Lipinski definition) is 5. The first kappa shape index (κ1) is 16.1. The molecule has 2 aromatic rings. The second-order valence-electron chi connectivity index (χ2n) is 4.13. The predicted molar refractivity (Wildman–Crippen MR) is 88.0 cm³/mol. The lowest BCUT2D eigenvalue weighted by Gasteiger charge is -2.02. The molecule has 0 aromatic carbocycles. The molecule has 0 saturated carbocycles. The molecule has 20 heavy (non-hydrogen) atoms. The fourth-order valence-electron chi connectivity index (χ4n) is 1.57. The molecule has 2 heterocycles. The van der Waals surface area contributed by atoms with Gasteiger partial charge in [0, 0.05) is 26.2 Å². The topological polar surface area (TPSA) is 58.2 Å². The van der Waals surface area contributed by atoms with Gasteiger partial charge in [-0.25, -0.2) is 13.1 Å². The summed E-state index contributed by atoms with van der Waals surface area (Å²) < 4.78 is 28.3. The molecular formula is C12H15BrN2O2S3. The van der Waals surface area contributed by atoms with Crippen LogP contribution in [0.25, 0.3) is 0 Å². The Kier molecular flexibility index (Phi) is 5.76. The van der Waals surface area contributed by atoms with Crippen LogP contribution in [0.1, 0.15) is 9.75 Å². The van der Waals surface area contributed by atoms with E-state index in [-0.39, 0.29) is 0 Å². The Hall–Kier alpha value is -0.250. The van der Waals surface area contributed by atoms with Crippen molar-refractivity contribution < 1.29 is 8.42 Å². The maximum atomic E-state index is 12.2. The highest BCUT2D eigenvalue weighted by Gasteiger charge is 2.16. The van der Waals surface area contributed by atoms with Crippen molar-refractivity contribution in [3.63, 3.8) is 0 Å². The molecule has 0 aliphatic rings. The minimum atomic E-state index is -3.41. The van der Waals surface area contributed by atoms with Crippen molar-refractivity contribution in [1.82, 2.24) is 10.0 Å². The van der Waals surface area contributed by atoms with Gasteiger partial charge in [-0.1, -0.05) is 0 Å². The minimum absolute atomic E-state index is 0.322. The van der Waals surface area contributed by atoms with Crippen LogP contribution in [-0.4, -0.2) is 22.0 Å². The largest absolute Gasteiger partial charge is 0.319 e. The SMILES string of the molecule is CNCCc1ccc(S(=O)(=O)NCc2cc(Br)cs2)s1.